The summed E-state index contributed by atoms with van der Waals surface area (Å²) >= 11 is 5.84. The third-order valence-electron chi connectivity index (χ3n) is 2.51. The Hall–Kier alpha value is -0.670. The normalized spacial score (nSPS) is 22.9. The lowest BCUT2D eigenvalue weighted by Gasteiger charge is -2.31. The van der Waals surface area contributed by atoms with Crippen molar-refractivity contribution >= 4 is 21.6 Å². The second kappa shape index (κ2) is 4.54. The van der Waals surface area contributed by atoms with Crippen LogP contribution in [0, 0.1) is 0 Å². The van der Waals surface area contributed by atoms with E-state index in [0.717, 1.165) is 0 Å². The van der Waals surface area contributed by atoms with E-state index in [0.29, 0.717) is 6.61 Å². The Morgan fingerprint density at radius 3 is 2.88 bits per heavy atom. The van der Waals surface area contributed by atoms with E-state index in [1.54, 1.807) is 0 Å². The predicted molar refractivity (Wildman–Crippen MR) is 60.9 cm³/mol. The van der Waals surface area contributed by atoms with Crippen molar-refractivity contribution in [2.45, 2.75) is 11.2 Å². The number of halogens is 1. The van der Waals surface area contributed by atoms with Gasteiger partial charge in [0.15, 0.2) is 5.03 Å². The molecule has 17 heavy (non-hydrogen) atoms. The molecule has 1 atom stereocenters. The van der Waals surface area contributed by atoms with Crippen molar-refractivity contribution < 1.29 is 13.2 Å². The first kappa shape index (κ1) is 12.8. The number of aromatic nitrogens is 2. The first-order valence-electron chi connectivity index (χ1n) is 4.97. The average molecular weight is 281 g/mol. The van der Waals surface area contributed by atoms with Gasteiger partial charge < -0.3 is 10.5 Å². The summed E-state index contributed by atoms with van der Waals surface area (Å²) in [6.07, 6.45) is 0.597. The molecule has 2 N–H and O–H groups in total. The number of hydrogen-bond donors (Lipinski definition) is 1. The van der Waals surface area contributed by atoms with Crippen LogP contribution >= 0.6 is 11.6 Å². The maximum atomic E-state index is 12.3. The fourth-order valence-corrected chi connectivity index (χ4v) is 3.80. The SMILES string of the molecule is Cn1ncc(Cl)c1S(=O)(=O)N1CCOCC1N. The van der Waals surface area contributed by atoms with Crippen molar-refractivity contribution in [2.75, 3.05) is 19.8 Å². The molecule has 0 aliphatic carbocycles. The van der Waals surface area contributed by atoms with Crippen LogP contribution in [0.2, 0.25) is 5.02 Å². The number of ether oxygens (including phenoxy) is 1. The molecule has 0 aromatic carbocycles. The first-order valence-corrected chi connectivity index (χ1v) is 6.79. The van der Waals surface area contributed by atoms with Gasteiger partial charge in [0.25, 0.3) is 10.0 Å². The van der Waals surface area contributed by atoms with Crippen molar-refractivity contribution in [3.05, 3.63) is 11.2 Å². The summed E-state index contributed by atoms with van der Waals surface area (Å²) in [5.74, 6) is 0. The molecule has 2 rings (SSSR count). The summed E-state index contributed by atoms with van der Waals surface area (Å²) in [4.78, 5) is 0. The molecule has 7 nitrogen and oxygen atoms in total. The van der Waals surface area contributed by atoms with Gasteiger partial charge in [0, 0.05) is 13.6 Å². The van der Waals surface area contributed by atoms with Gasteiger partial charge in [-0.1, -0.05) is 11.6 Å². The highest BCUT2D eigenvalue weighted by Gasteiger charge is 2.35. The zero-order valence-electron chi connectivity index (χ0n) is 9.21. The van der Waals surface area contributed by atoms with Crippen molar-refractivity contribution in [3.8, 4) is 0 Å². The highest BCUT2D eigenvalue weighted by Crippen LogP contribution is 2.25. The molecule has 9 heteroatoms. The molecule has 0 spiro atoms. The minimum atomic E-state index is -3.73. The summed E-state index contributed by atoms with van der Waals surface area (Å²) in [7, 11) is -2.21. The second-order valence-electron chi connectivity index (χ2n) is 3.68. The lowest BCUT2D eigenvalue weighted by Crippen LogP contribution is -2.53. The van der Waals surface area contributed by atoms with Gasteiger partial charge in [0.1, 0.15) is 0 Å². The molecular formula is C8H13ClN4O3S. The number of morpholine rings is 1. The van der Waals surface area contributed by atoms with Gasteiger partial charge in [0.2, 0.25) is 0 Å². The molecule has 0 radical (unpaired) electrons. The molecule has 0 amide bonds. The van der Waals surface area contributed by atoms with Crippen LogP contribution in [-0.4, -0.2) is 48.4 Å². The fraction of sp³-hybridized carbons (Fsp3) is 0.625. The van der Waals surface area contributed by atoms with Gasteiger partial charge in [0.05, 0.1) is 30.6 Å². The molecule has 2 heterocycles. The minimum absolute atomic E-state index is 0.0449. The topological polar surface area (TPSA) is 90.5 Å². The van der Waals surface area contributed by atoms with E-state index >= 15 is 0 Å². The van der Waals surface area contributed by atoms with Crippen LogP contribution in [0.15, 0.2) is 11.2 Å². The lowest BCUT2D eigenvalue weighted by molar-refractivity contribution is 0.0348. The van der Waals surface area contributed by atoms with Crippen LogP contribution in [0.1, 0.15) is 0 Å². The Labute approximate surface area is 104 Å². The van der Waals surface area contributed by atoms with Gasteiger partial charge in [-0.3, -0.25) is 4.68 Å². The molecule has 1 aliphatic rings. The highest BCUT2D eigenvalue weighted by molar-refractivity contribution is 7.89. The molecule has 0 bridgehead atoms. The van der Waals surface area contributed by atoms with Gasteiger partial charge in [-0.2, -0.15) is 9.40 Å². The first-order chi connectivity index (χ1) is 7.94. The van der Waals surface area contributed by atoms with Crippen LogP contribution in [0.5, 0.6) is 0 Å². The highest BCUT2D eigenvalue weighted by atomic mass is 35.5. The second-order valence-corrected chi connectivity index (χ2v) is 5.89. The maximum absolute atomic E-state index is 12.3. The van der Waals surface area contributed by atoms with Gasteiger partial charge in [-0.25, -0.2) is 8.42 Å². The van der Waals surface area contributed by atoms with Gasteiger partial charge >= 0.3 is 0 Å². The number of sulfonamides is 1. The summed E-state index contributed by atoms with van der Waals surface area (Å²) in [5, 5.41) is 3.85. The third kappa shape index (κ3) is 2.18. The predicted octanol–water partition coefficient (Wildman–Crippen LogP) is -0.621. The molecule has 1 aromatic heterocycles. The third-order valence-corrected chi connectivity index (χ3v) is 4.94. The summed E-state index contributed by atoms with van der Waals surface area (Å²) < 4.78 is 32.2. The van der Waals surface area contributed by atoms with Crippen LogP contribution in [0.3, 0.4) is 0 Å². The van der Waals surface area contributed by atoms with E-state index in [1.165, 1.54) is 22.2 Å². The molecule has 1 unspecified atom stereocenters. The number of hydrogen-bond acceptors (Lipinski definition) is 5. The van der Waals surface area contributed by atoms with Crippen molar-refractivity contribution in [2.24, 2.45) is 12.8 Å². The smallest absolute Gasteiger partial charge is 0.263 e. The standard InChI is InChI=1S/C8H13ClN4O3S/c1-12-8(6(9)4-11-12)17(14,15)13-2-3-16-5-7(13)10/h4,7H,2-3,5,10H2,1H3. The Kier molecular flexibility index (Phi) is 3.41. The van der Waals surface area contributed by atoms with Crippen LogP contribution in [0.4, 0.5) is 0 Å². The van der Waals surface area contributed by atoms with Gasteiger partial charge in [-0.15, -0.1) is 0 Å². The zero-order chi connectivity index (χ0) is 12.6. The Morgan fingerprint density at radius 1 is 1.65 bits per heavy atom. The number of nitrogens with two attached hydrogens (primary N) is 1. The molecule has 1 aromatic rings. The molecule has 0 saturated carbocycles. The van der Waals surface area contributed by atoms with Crippen LogP contribution in [0.25, 0.3) is 0 Å². The quantitative estimate of drug-likeness (QED) is 0.780. The van der Waals surface area contributed by atoms with Crippen LogP contribution < -0.4 is 5.73 Å². The Bertz CT molecular complexity index is 495. The van der Waals surface area contributed by atoms with Gasteiger partial charge in [-0.05, 0) is 0 Å². The van der Waals surface area contributed by atoms with Crippen molar-refractivity contribution in [3.63, 3.8) is 0 Å². The Morgan fingerprint density at radius 2 is 2.35 bits per heavy atom. The van der Waals surface area contributed by atoms with E-state index in [1.807, 2.05) is 0 Å². The molecule has 96 valence electrons. The molecular weight excluding hydrogens is 268 g/mol. The van der Waals surface area contributed by atoms with Crippen molar-refractivity contribution in [1.82, 2.24) is 14.1 Å². The van der Waals surface area contributed by atoms with Crippen LogP contribution in [-0.2, 0) is 21.8 Å². The van der Waals surface area contributed by atoms with E-state index in [-0.39, 0.29) is 23.2 Å². The molecule has 1 aliphatic heterocycles. The largest absolute Gasteiger partial charge is 0.377 e. The van der Waals surface area contributed by atoms with E-state index in [4.69, 9.17) is 22.1 Å². The van der Waals surface area contributed by atoms with E-state index in [9.17, 15) is 8.42 Å². The summed E-state index contributed by atoms with van der Waals surface area (Å²) in [6, 6.07) is 0. The van der Waals surface area contributed by atoms with Crippen molar-refractivity contribution in [1.29, 1.82) is 0 Å². The fourth-order valence-electron chi connectivity index (χ4n) is 1.71. The number of nitrogens with zero attached hydrogens (tertiary/aromatic N) is 3. The Balaban J connectivity index is 2.42. The lowest BCUT2D eigenvalue weighted by atomic mass is 10.4. The summed E-state index contributed by atoms with van der Waals surface area (Å²) in [5.41, 5.74) is 5.72. The summed E-state index contributed by atoms with van der Waals surface area (Å²) in [6.45, 7) is 0.710. The molecule has 1 saturated heterocycles. The van der Waals surface area contributed by atoms with E-state index in [2.05, 4.69) is 5.10 Å². The number of aryl methyl sites for hydroxylation is 1. The zero-order valence-corrected chi connectivity index (χ0v) is 10.8. The monoisotopic (exact) mass is 280 g/mol. The average Bonchev–Trinajstić information content (AvgIpc) is 2.59. The minimum Gasteiger partial charge on any atom is -0.377 e. The number of rotatable bonds is 2. The molecule has 1 fully saturated rings. The van der Waals surface area contributed by atoms with E-state index < -0.39 is 16.2 Å². The maximum Gasteiger partial charge on any atom is 0.263 e.